The summed E-state index contributed by atoms with van der Waals surface area (Å²) in [7, 11) is 0. The summed E-state index contributed by atoms with van der Waals surface area (Å²) < 4.78 is 1.09. The molecule has 1 aromatic heterocycles. The second-order valence-electron chi connectivity index (χ2n) is 8.30. The molecule has 0 aliphatic rings. The zero-order valence-corrected chi connectivity index (χ0v) is 19.7. The maximum atomic E-state index is 13.1. The minimum absolute atomic E-state index is 0.166. The highest BCUT2D eigenvalue weighted by Gasteiger charge is 2.24. The van der Waals surface area contributed by atoms with Gasteiger partial charge in [-0.15, -0.1) is 11.3 Å². The summed E-state index contributed by atoms with van der Waals surface area (Å²) >= 11 is 1.57. The largest absolute Gasteiger partial charge is 0.350 e. The molecule has 2 amide bonds. The van der Waals surface area contributed by atoms with Crippen molar-refractivity contribution < 1.29 is 9.59 Å². The average molecular weight is 453 g/mol. The first-order valence-electron chi connectivity index (χ1n) is 11.1. The van der Waals surface area contributed by atoms with Gasteiger partial charge in [-0.3, -0.25) is 9.59 Å². The van der Waals surface area contributed by atoms with Crippen molar-refractivity contribution in [2.24, 2.45) is 5.73 Å². The van der Waals surface area contributed by atoms with E-state index in [4.69, 9.17) is 10.7 Å². The Kier molecular flexibility index (Phi) is 8.36. The van der Waals surface area contributed by atoms with E-state index in [1.807, 2.05) is 36.4 Å². The first-order chi connectivity index (χ1) is 15.4. The Bertz CT molecular complexity index is 1050. The van der Waals surface area contributed by atoms with Gasteiger partial charge in [-0.25, -0.2) is 4.98 Å². The number of rotatable bonds is 10. The highest BCUT2D eigenvalue weighted by atomic mass is 32.1. The van der Waals surface area contributed by atoms with E-state index in [1.54, 1.807) is 18.3 Å². The molecule has 3 rings (SSSR count). The molecule has 0 fully saturated rings. The molecule has 0 radical (unpaired) electrons. The molecule has 0 spiro atoms. The molecule has 6 nitrogen and oxygen atoms in total. The highest BCUT2D eigenvalue weighted by Crippen LogP contribution is 2.27. The van der Waals surface area contributed by atoms with Gasteiger partial charge in [-0.1, -0.05) is 57.2 Å². The van der Waals surface area contributed by atoms with Gasteiger partial charge in [0.25, 0.3) is 0 Å². The number of carbonyl (C=O) groups excluding carboxylic acids is 2. The zero-order valence-electron chi connectivity index (χ0n) is 18.9. The predicted molar refractivity (Wildman–Crippen MR) is 131 cm³/mol. The van der Waals surface area contributed by atoms with Crippen LogP contribution in [0.25, 0.3) is 10.2 Å². The maximum absolute atomic E-state index is 13.1. The number of nitrogens with one attached hydrogen (secondary N) is 2. The second kappa shape index (κ2) is 11.2. The van der Waals surface area contributed by atoms with Crippen LogP contribution in [-0.4, -0.2) is 35.4 Å². The third kappa shape index (κ3) is 6.37. The number of nitrogens with zero attached hydrogens (tertiary/aromatic N) is 1. The van der Waals surface area contributed by atoms with Gasteiger partial charge in [0.2, 0.25) is 11.8 Å². The Hall–Kier alpha value is -2.77. The lowest BCUT2D eigenvalue weighted by Crippen LogP contribution is -2.52. The van der Waals surface area contributed by atoms with Crippen LogP contribution < -0.4 is 16.4 Å². The zero-order chi connectivity index (χ0) is 23.1. The normalized spacial score (nSPS) is 13.2. The number of hydrogen-bond acceptors (Lipinski definition) is 5. The SMILES string of the molecule is CCC(=O)NC(Cc1nc2ccc(C(C)C)cc2s1)C(=O)N[C@@H](CN)Cc1ccccc1. The quantitative estimate of drug-likeness (QED) is 0.438. The van der Waals surface area contributed by atoms with E-state index >= 15 is 0 Å². The Morgan fingerprint density at radius 3 is 2.47 bits per heavy atom. The van der Waals surface area contributed by atoms with E-state index in [1.165, 1.54) is 5.56 Å². The number of aromatic nitrogens is 1. The van der Waals surface area contributed by atoms with Crippen molar-refractivity contribution in [2.75, 3.05) is 6.54 Å². The Balaban J connectivity index is 1.75. The molecule has 170 valence electrons. The van der Waals surface area contributed by atoms with Crippen molar-refractivity contribution in [3.05, 3.63) is 64.7 Å². The van der Waals surface area contributed by atoms with Crippen molar-refractivity contribution >= 4 is 33.4 Å². The Morgan fingerprint density at radius 2 is 1.81 bits per heavy atom. The molecular formula is C25H32N4O2S. The molecule has 0 saturated carbocycles. The van der Waals surface area contributed by atoms with E-state index < -0.39 is 6.04 Å². The summed E-state index contributed by atoms with van der Waals surface area (Å²) in [6.45, 7) is 6.40. The van der Waals surface area contributed by atoms with E-state index in [-0.39, 0.29) is 17.9 Å². The van der Waals surface area contributed by atoms with Crippen LogP contribution in [0.15, 0.2) is 48.5 Å². The molecule has 3 aromatic rings. The lowest BCUT2D eigenvalue weighted by atomic mass is 10.0. The van der Waals surface area contributed by atoms with Crippen LogP contribution >= 0.6 is 11.3 Å². The summed E-state index contributed by atoms with van der Waals surface area (Å²) in [4.78, 5) is 29.9. The number of carbonyl (C=O) groups is 2. The number of benzene rings is 2. The summed E-state index contributed by atoms with van der Waals surface area (Å²) in [5.41, 5.74) is 9.20. The van der Waals surface area contributed by atoms with Crippen molar-refractivity contribution in [3.63, 3.8) is 0 Å². The average Bonchev–Trinajstić information content (AvgIpc) is 3.20. The Labute approximate surface area is 193 Å². The number of nitrogens with two attached hydrogens (primary N) is 1. The second-order valence-corrected chi connectivity index (χ2v) is 9.41. The maximum Gasteiger partial charge on any atom is 0.243 e. The Morgan fingerprint density at radius 1 is 1.06 bits per heavy atom. The minimum Gasteiger partial charge on any atom is -0.350 e. The molecule has 0 aliphatic carbocycles. The summed E-state index contributed by atoms with van der Waals surface area (Å²) in [5, 5.41) is 6.70. The minimum atomic E-state index is -0.697. The fraction of sp³-hybridized carbons (Fsp3) is 0.400. The first-order valence-corrected chi connectivity index (χ1v) is 11.9. The number of fused-ring (bicyclic) bond motifs is 1. The molecule has 2 atom stereocenters. The van der Waals surface area contributed by atoms with Gasteiger partial charge in [-0.05, 0) is 35.6 Å². The van der Waals surface area contributed by atoms with Gasteiger partial charge in [0, 0.05) is 25.4 Å². The molecule has 7 heteroatoms. The molecular weight excluding hydrogens is 420 g/mol. The molecule has 0 bridgehead atoms. The van der Waals surface area contributed by atoms with Crippen molar-refractivity contribution in [1.29, 1.82) is 0 Å². The highest BCUT2D eigenvalue weighted by molar-refractivity contribution is 7.18. The van der Waals surface area contributed by atoms with Crippen LogP contribution in [0.5, 0.6) is 0 Å². The van der Waals surface area contributed by atoms with E-state index in [0.717, 1.165) is 20.8 Å². The van der Waals surface area contributed by atoms with E-state index in [9.17, 15) is 9.59 Å². The summed E-state index contributed by atoms with van der Waals surface area (Å²) in [5.74, 6) is 0.0335. The number of thiazole rings is 1. The number of amides is 2. The summed E-state index contributed by atoms with van der Waals surface area (Å²) in [6.07, 6.45) is 1.29. The van der Waals surface area contributed by atoms with Crippen LogP contribution in [0.3, 0.4) is 0 Å². The predicted octanol–water partition coefficient (Wildman–Crippen LogP) is 3.54. The van der Waals surface area contributed by atoms with Crippen LogP contribution in [0, 0.1) is 0 Å². The van der Waals surface area contributed by atoms with E-state index in [0.29, 0.717) is 31.7 Å². The lowest BCUT2D eigenvalue weighted by Gasteiger charge is -2.22. The van der Waals surface area contributed by atoms with Crippen molar-refractivity contribution in [3.8, 4) is 0 Å². The van der Waals surface area contributed by atoms with Crippen LogP contribution in [0.1, 0.15) is 49.2 Å². The van der Waals surface area contributed by atoms with Gasteiger partial charge < -0.3 is 16.4 Å². The monoisotopic (exact) mass is 452 g/mol. The molecule has 32 heavy (non-hydrogen) atoms. The first kappa shape index (κ1) is 23.9. The number of hydrogen-bond donors (Lipinski definition) is 3. The van der Waals surface area contributed by atoms with Gasteiger partial charge in [0.05, 0.1) is 15.2 Å². The van der Waals surface area contributed by atoms with Crippen molar-refractivity contribution in [1.82, 2.24) is 15.6 Å². The standard InChI is InChI=1S/C25H32N4O2S/c1-4-23(30)28-21(25(31)27-19(15-26)12-17-8-6-5-7-9-17)14-24-29-20-11-10-18(16(2)3)13-22(20)32-24/h5-11,13,16,19,21H,4,12,14-15,26H2,1-3H3,(H,27,31)(H,28,30)/t19-,21?/m1/s1. The summed E-state index contributed by atoms with van der Waals surface area (Å²) in [6, 6.07) is 15.3. The van der Waals surface area contributed by atoms with Gasteiger partial charge in [-0.2, -0.15) is 0 Å². The van der Waals surface area contributed by atoms with Crippen LogP contribution in [0.2, 0.25) is 0 Å². The topological polar surface area (TPSA) is 97.1 Å². The smallest absolute Gasteiger partial charge is 0.243 e. The molecule has 2 aromatic carbocycles. The van der Waals surface area contributed by atoms with Gasteiger partial charge in [0.15, 0.2) is 0 Å². The fourth-order valence-electron chi connectivity index (χ4n) is 3.51. The fourth-order valence-corrected chi connectivity index (χ4v) is 4.57. The molecule has 1 unspecified atom stereocenters. The van der Waals surface area contributed by atoms with Crippen molar-refractivity contribution in [2.45, 2.75) is 58.0 Å². The molecule has 0 saturated heterocycles. The van der Waals surface area contributed by atoms with Crippen LogP contribution in [0.4, 0.5) is 0 Å². The van der Waals surface area contributed by atoms with Crippen LogP contribution in [-0.2, 0) is 22.4 Å². The molecule has 1 heterocycles. The van der Waals surface area contributed by atoms with Gasteiger partial charge >= 0.3 is 0 Å². The lowest BCUT2D eigenvalue weighted by molar-refractivity contribution is -0.129. The third-order valence-electron chi connectivity index (χ3n) is 5.43. The van der Waals surface area contributed by atoms with Gasteiger partial charge in [0.1, 0.15) is 6.04 Å². The third-order valence-corrected chi connectivity index (χ3v) is 6.47. The molecule has 4 N–H and O–H groups in total. The van der Waals surface area contributed by atoms with E-state index in [2.05, 4.69) is 36.6 Å². The molecule has 0 aliphatic heterocycles.